The zero-order chi connectivity index (χ0) is 16.3. The molecule has 6 heteroatoms. The van der Waals surface area contributed by atoms with Gasteiger partial charge in [-0.2, -0.15) is 5.10 Å². The molecule has 0 fully saturated rings. The monoisotopic (exact) mass is 384 g/mol. The van der Waals surface area contributed by atoms with Crippen molar-refractivity contribution in [1.82, 2.24) is 9.78 Å². The highest BCUT2D eigenvalue weighted by Crippen LogP contribution is 2.30. The maximum atomic E-state index is 13.5. The summed E-state index contributed by atoms with van der Waals surface area (Å²) in [6.45, 7) is 10.1. The van der Waals surface area contributed by atoms with Crippen LogP contribution in [0.1, 0.15) is 5.56 Å². The fourth-order valence-corrected chi connectivity index (χ4v) is 3.26. The van der Waals surface area contributed by atoms with Gasteiger partial charge >= 0.3 is 0 Å². The summed E-state index contributed by atoms with van der Waals surface area (Å²) in [5.41, 5.74) is 2.54. The normalized spacial score (nSPS) is 11.9. The van der Waals surface area contributed by atoms with E-state index in [0.717, 1.165) is 33.9 Å². The molecule has 0 radical (unpaired) electrons. The Morgan fingerprint density at radius 2 is 2.05 bits per heavy atom. The third-order valence-corrected chi connectivity index (χ3v) is 5.74. The van der Waals surface area contributed by atoms with Crippen molar-refractivity contribution >= 4 is 24.0 Å². The highest BCUT2D eigenvalue weighted by Gasteiger charge is 2.14. The van der Waals surface area contributed by atoms with Crippen molar-refractivity contribution in [2.75, 3.05) is 6.61 Å². The largest absolute Gasteiger partial charge is 0.360 e. The first-order chi connectivity index (χ1) is 10.3. The first-order valence-corrected chi connectivity index (χ1v) is 11.8. The molecule has 0 spiro atoms. The molecule has 1 aromatic heterocycles. The topological polar surface area (TPSA) is 27.1 Å². The highest BCUT2D eigenvalue weighted by molar-refractivity contribution is 9.10. The summed E-state index contributed by atoms with van der Waals surface area (Å²) in [7, 11) is -1.07. The summed E-state index contributed by atoms with van der Waals surface area (Å²) in [6.07, 6.45) is 1.93. The number of ether oxygens (including phenoxy) is 1. The van der Waals surface area contributed by atoms with Crippen LogP contribution in [0.5, 0.6) is 0 Å². The van der Waals surface area contributed by atoms with E-state index < -0.39 is 8.07 Å². The molecular weight excluding hydrogens is 363 g/mol. The maximum absolute atomic E-state index is 13.5. The molecule has 0 atom stereocenters. The first-order valence-electron chi connectivity index (χ1n) is 7.33. The number of aromatic nitrogens is 2. The van der Waals surface area contributed by atoms with Crippen LogP contribution in [0.3, 0.4) is 0 Å². The van der Waals surface area contributed by atoms with Gasteiger partial charge in [-0.1, -0.05) is 35.6 Å². The molecule has 2 rings (SSSR count). The number of hydrogen-bond donors (Lipinski definition) is 0. The van der Waals surface area contributed by atoms with Gasteiger partial charge in [-0.05, 0) is 36.7 Å². The maximum Gasteiger partial charge on any atom is 0.139 e. The molecule has 0 saturated heterocycles. The van der Waals surface area contributed by atoms with Crippen LogP contribution < -0.4 is 0 Å². The molecule has 0 aliphatic carbocycles. The lowest BCUT2D eigenvalue weighted by Crippen LogP contribution is -2.22. The quantitative estimate of drug-likeness (QED) is 0.513. The molecule has 22 heavy (non-hydrogen) atoms. The molecular formula is C16H22BrFN2OSi. The molecule has 2 aromatic rings. The van der Waals surface area contributed by atoms with Gasteiger partial charge < -0.3 is 4.74 Å². The minimum Gasteiger partial charge on any atom is -0.360 e. The van der Waals surface area contributed by atoms with E-state index in [9.17, 15) is 4.39 Å². The molecule has 120 valence electrons. The van der Waals surface area contributed by atoms with Crippen molar-refractivity contribution in [3.8, 4) is 11.3 Å². The van der Waals surface area contributed by atoms with Crippen molar-refractivity contribution in [1.29, 1.82) is 0 Å². The second kappa shape index (κ2) is 7.06. The van der Waals surface area contributed by atoms with Gasteiger partial charge in [-0.3, -0.25) is 0 Å². The Kier molecular flexibility index (Phi) is 5.58. The van der Waals surface area contributed by atoms with E-state index in [4.69, 9.17) is 4.74 Å². The van der Waals surface area contributed by atoms with Crippen LogP contribution in [-0.2, 0) is 11.5 Å². The Morgan fingerprint density at radius 1 is 1.32 bits per heavy atom. The molecule has 0 saturated carbocycles. The van der Waals surface area contributed by atoms with Crippen molar-refractivity contribution in [3.63, 3.8) is 0 Å². The molecule has 0 unspecified atom stereocenters. The summed E-state index contributed by atoms with van der Waals surface area (Å²) < 4.78 is 21.8. The number of rotatable bonds is 6. The number of aryl methyl sites for hydroxylation is 1. The molecule has 0 aliphatic heterocycles. The number of halogens is 2. The minimum absolute atomic E-state index is 0.265. The van der Waals surface area contributed by atoms with Crippen molar-refractivity contribution < 1.29 is 9.13 Å². The number of nitrogens with zero attached hydrogens (tertiary/aromatic N) is 2. The third-order valence-electron chi connectivity index (χ3n) is 3.35. The van der Waals surface area contributed by atoms with Crippen LogP contribution in [-0.4, -0.2) is 24.5 Å². The summed E-state index contributed by atoms with van der Waals surface area (Å²) >= 11 is 3.45. The predicted octanol–water partition coefficient (Wildman–Crippen LogP) is 5.07. The molecule has 0 amide bonds. The van der Waals surface area contributed by atoms with Gasteiger partial charge in [0.1, 0.15) is 12.5 Å². The van der Waals surface area contributed by atoms with Gasteiger partial charge in [-0.15, -0.1) is 0 Å². The summed E-state index contributed by atoms with van der Waals surface area (Å²) in [6, 6.07) is 5.76. The second-order valence-corrected chi connectivity index (χ2v) is 13.1. The second-order valence-electron chi connectivity index (χ2n) is 6.67. The molecule has 0 aliphatic rings. The van der Waals surface area contributed by atoms with Gasteiger partial charge in [0.2, 0.25) is 0 Å². The van der Waals surface area contributed by atoms with Crippen LogP contribution in [0.25, 0.3) is 11.3 Å². The molecule has 1 aromatic carbocycles. The number of benzene rings is 1. The fraction of sp³-hybridized carbons (Fsp3) is 0.438. The molecule has 0 N–H and O–H groups in total. The molecule has 1 heterocycles. The predicted molar refractivity (Wildman–Crippen MR) is 94.2 cm³/mol. The van der Waals surface area contributed by atoms with Crippen molar-refractivity contribution in [2.45, 2.75) is 39.3 Å². The standard InChI is InChI=1S/C16H22BrFN2OSi/c1-12-10-20(11-21-7-8-22(2,3)4)19-16(12)14-9-13(18)5-6-15(14)17/h5-6,9-10H,7-8,11H2,1-4H3. The summed E-state index contributed by atoms with van der Waals surface area (Å²) in [5.74, 6) is -0.265. The van der Waals surface area contributed by atoms with E-state index in [2.05, 4.69) is 40.7 Å². The first kappa shape index (κ1) is 17.4. The zero-order valence-corrected chi connectivity index (χ0v) is 16.1. The van der Waals surface area contributed by atoms with E-state index in [1.54, 1.807) is 10.7 Å². The minimum atomic E-state index is -1.07. The van der Waals surface area contributed by atoms with Crippen molar-refractivity contribution in [2.24, 2.45) is 0 Å². The Balaban J connectivity index is 2.07. The fourth-order valence-electron chi connectivity index (χ4n) is 2.07. The van der Waals surface area contributed by atoms with E-state index in [-0.39, 0.29) is 5.82 Å². The van der Waals surface area contributed by atoms with Gasteiger partial charge in [0.05, 0.1) is 5.69 Å². The van der Waals surface area contributed by atoms with E-state index >= 15 is 0 Å². The van der Waals surface area contributed by atoms with Gasteiger partial charge in [0.15, 0.2) is 0 Å². The Morgan fingerprint density at radius 3 is 2.73 bits per heavy atom. The number of hydrogen-bond acceptors (Lipinski definition) is 2. The van der Waals surface area contributed by atoms with Gasteiger partial charge in [-0.25, -0.2) is 9.07 Å². The lowest BCUT2D eigenvalue weighted by atomic mass is 10.1. The van der Waals surface area contributed by atoms with Gasteiger partial charge in [0, 0.05) is 30.9 Å². The van der Waals surface area contributed by atoms with Crippen LogP contribution >= 0.6 is 15.9 Å². The molecule has 3 nitrogen and oxygen atoms in total. The lowest BCUT2D eigenvalue weighted by Gasteiger charge is -2.15. The Hall–Kier alpha value is -0.983. The Bertz CT molecular complexity index is 652. The molecule has 0 bridgehead atoms. The highest BCUT2D eigenvalue weighted by atomic mass is 79.9. The summed E-state index contributed by atoms with van der Waals surface area (Å²) in [4.78, 5) is 0. The van der Waals surface area contributed by atoms with Crippen LogP contribution in [0.15, 0.2) is 28.9 Å². The van der Waals surface area contributed by atoms with Crippen molar-refractivity contribution in [3.05, 3.63) is 40.2 Å². The van der Waals surface area contributed by atoms with Gasteiger partial charge in [0.25, 0.3) is 0 Å². The van der Waals surface area contributed by atoms with Crippen LogP contribution in [0.2, 0.25) is 25.7 Å². The zero-order valence-electron chi connectivity index (χ0n) is 13.5. The van der Waals surface area contributed by atoms with Crippen LogP contribution in [0.4, 0.5) is 4.39 Å². The smallest absolute Gasteiger partial charge is 0.139 e. The average molecular weight is 385 g/mol. The van der Waals surface area contributed by atoms with E-state index in [1.807, 2.05) is 13.1 Å². The van der Waals surface area contributed by atoms with E-state index in [0.29, 0.717) is 6.73 Å². The lowest BCUT2D eigenvalue weighted by molar-refractivity contribution is 0.0787. The van der Waals surface area contributed by atoms with Crippen LogP contribution in [0, 0.1) is 12.7 Å². The average Bonchev–Trinajstić information content (AvgIpc) is 2.78. The Labute approximate surface area is 140 Å². The SMILES string of the molecule is Cc1cn(COCC[Si](C)(C)C)nc1-c1cc(F)ccc1Br. The summed E-state index contributed by atoms with van der Waals surface area (Å²) in [5, 5.41) is 4.52. The third kappa shape index (κ3) is 4.76. The van der Waals surface area contributed by atoms with E-state index in [1.165, 1.54) is 12.1 Å².